The number of rotatable bonds is 12. The molecule has 23 heavy (non-hydrogen) atoms. The number of hydrogen-bond acceptors (Lipinski definition) is 3. The molecular weight excluding hydrogens is 288 g/mol. The Morgan fingerprint density at radius 1 is 1.09 bits per heavy atom. The molecule has 3 nitrogen and oxygen atoms in total. The summed E-state index contributed by atoms with van der Waals surface area (Å²) in [6.07, 6.45) is 19.3. The number of aldehydes is 1. The van der Waals surface area contributed by atoms with Crippen molar-refractivity contribution in [1.29, 1.82) is 0 Å². The van der Waals surface area contributed by atoms with Gasteiger partial charge in [0, 0.05) is 12.8 Å². The molecule has 1 saturated carbocycles. The lowest BCUT2D eigenvalue weighted by Gasteiger charge is -2.29. The van der Waals surface area contributed by atoms with Crippen LogP contribution in [0.3, 0.4) is 0 Å². The first-order chi connectivity index (χ1) is 11.2. The highest BCUT2D eigenvalue weighted by Gasteiger charge is 2.27. The lowest BCUT2D eigenvalue weighted by Crippen LogP contribution is -2.24. The van der Waals surface area contributed by atoms with Crippen LogP contribution in [-0.2, 0) is 14.3 Å². The molecule has 0 aromatic rings. The van der Waals surface area contributed by atoms with Crippen LogP contribution in [0.2, 0.25) is 0 Å². The molecule has 3 heteroatoms. The third-order valence-electron chi connectivity index (χ3n) is 4.51. The van der Waals surface area contributed by atoms with Gasteiger partial charge in [-0.25, -0.2) is 0 Å². The highest BCUT2D eigenvalue weighted by molar-refractivity contribution is 5.66. The van der Waals surface area contributed by atoms with Crippen molar-refractivity contribution in [2.24, 2.45) is 11.8 Å². The van der Waals surface area contributed by atoms with Crippen molar-refractivity contribution >= 4 is 12.3 Å². The smallest absolute Gasteiger partial charge is 0.303 e. The Labute approximate surface area is 141 Å². The van der Waals surface area contributed by atoms with Gasteiger partial charge in [0.25, 0.3) is 0 Å². The number of allylic oxidation sites excluding steroid dienone is 3. The summed E-state index contributed by atoms with van der Waals surface area (Å²) in [7, 11) is 0. The fourth-order valence-electron chi connectivity index (χ4n) is 2.89. The molecule has 0 N–H and O–H groups in total. The maximum absolute atomic E-state index is 11.2. The van der Waals surface area contributed by atoms with Crippen LogP contribution in [0.1, 0.15) is 71.6 Å². The second kappa shape index (κ2) is 12.1. The summed E-state index contributed by atoms with van der Waals surface area (Å²) < 4.78 is 5.35. The van der Waals surface area contributed by atoms with Gasteiger partial charge >= 0.3 is 5.97 Å². The van der Waals surface area contributed by atoms with Gasteiger partial charge in [-0.3, -0.25) is 4.79 Å². The summed E-state index contributed by atoms with van der Waals surface area (Å²) in [6.45, 7) is 3.68. The highest BCUT2D eigenvalue weighted by atomic mass is 16.5. The minimum Gasteiger partial charge on any atom is -0.458 e. The van der Waals surface area contributed by atoms with E-state index < -0.39 is 0 Å². The van der Waals surface area contributed by atoms with Gasteiger partial charge in [-0.2, -0.15) is 0 Å². The molecule has 0 heterocycles. The number of ether oxygens (including phenoxy) is 1. The standard InChI is InChI=1S/C20H32O3/c1-3-4-5-6-7-8-12-20(23-17(2)22)13-10-9-11-18-14-15-19(18)16-21/h9-11,13,16,18-20H,3-8,12,14-15H2,1-2H3/t18-,19-,20?/m0/s1. The van der Waals surface area contributed by atoms with Gasteiger partial charge in [0.05, 0.1) is 0 Å². The Bertz CT molecular complexity index is 398. The van der Waals surface area contributed by atoms with Crippen LogP contribution >= 0.6 is 0 Å². The largest absolute Gasteiger partial charge is 0.458 e. The van der Waals surface area contributed by atoms with Crippen molar-refractivity contribution in [2.75, 3.05) is 0 Å². The Morgan fingerprint density at radius 3 is 2.39 bits per heavy atom. The molecule has 0 saturated heterocycles. The monoisotopic (exact) mass is 320 g/mol. The zero-order chi connectivity index (χ0) is 16.9. The molecule has 1 fully saturated rings. The van der Waals surface area contributed by atoms with E-state index in [0.29, 0.717) is 5.92 Å². The zero-order valence-electron chi connectivity index (χ0n) is 14.7. The number of carbonyl (C=O) groups excluding carboxylic acids is 2. The zero-order valence-corrected chi connectivity index (χ0v) is 14.7. The van der Waals surface area contributed by atoms with E-state index >= 15 is 0 Å². The van der Waals surface area contributed by atoms with Crippen molar-refractivity contribution in [3.63, 3.8) is 0 Å². The molecule has 3 atom stereocenters. The van der Waals surface area contributed by atoms with E-state index in [1.165, 1.54) is 39.0 Å². The van der Waals surface area contributed by atoms with Crippen molar-refractivity contribution in [2.45, 2.75) is 77.7 Å². The van der Waals surface area contributed by atoms with Gasteiger partial charge in [0.1, 0.15) is 12.4 Å². The quantitative estimate of drug-likeness (QED) is 0.220. The Morgan fingerprint density at radius 2 is 1.78 bits per heavy atom. The normalized spacial score (nSPS) is 22.2. The SMILES string of the molecule is CCCCCCCCC(C=CC=C[C@H]1CC[C@H]1C=O)OC(C)=O. The van der Waals surface area contributed by atoms with E-state index in [0.717, 1.165) is 32.0 Å². The molecule has 0 bridgehead atoms. The molecule has 130 valence electrons. The highest BCUT2D eigenvalue weighted by Crippen LogP contribution is 2.33. The molecule has 1 aliphatic rings. The first kappa shape index (κ1) is 19.7. The molecule has 0 spiro atoms. The van der Waals surface area contributed by atoms with Crippen LogP contribution in [0.4, 0.5) is 0 Å². The molecular formula is C20H32O3. The fourth-order valence-corrected chi connectivity index (χ4v) is 2.89. The van der Waals surface area contributed by atoms with Crippen molar-refractivity contribution in [3.05, 3.63) is 24.3 Å². The van der Waals surface area contributed by atoms with Crippen LogP contribution in [0.25, 0.3) is 0 Å². The van der Waals surface area contributed by atoms with Crippen LogP contribution in [-0.4, -0.2) is 18.4 Å². The maximum Gasteiger partial charge on any atom is 0.303 e. The third-order valence-corrected chi connectivity index (χ3v) is 4.51. The summed E-state index contributed by atoms with van der Waals surface area (Å²) in [5.74, 6) is 0.365. The number of carbonyl (C=O) groups is 2. The Balaban J connectivity index is 2.29. The van der Waals surface area contributed by atoms with Crippen LogP contribution in [0.5, 0.6) is 0 Å². The molecule has 0 aromatic heterocycles. The third kappa shape index (κ3) is 8.73. The minimum absolute atomic E-state index is 0.133. The number of unbranched alkanes of at least 4 members (excludes halogenated alkanes) is 5. The lowest BCUT2D eigenvalue weighted by molar-refractivity contribution is -0.144. The summed E-state index contributed by atoms with van der Waals surface area (Å²) in [5.41, 5.74) is 0. The van der Waals surface area contributed by atoms with Crippen LogP contribution in [0, 0.1) is 11.8 Å². The first-order valence-electron chi connectivity index (χ1n) is 9.14. The predicted octanol–water partition coefficient (Wildman–Crippen LogP) is 5.01. The Hall–Kier alpha value is -1.38. The van der Waals surface area contributed by atoms with E-state index in [9.17, 15) is 9.59 Å². The number of esters is 1. The maximum atomic E-state index is 11.2. The van der Waals surface area contributed by atoms with Gasteiger partial charge in [0.15, 0.2) is 0 Å². The van der Waals surface area contributed by atoms with Crippen molar-refractivity contribution in [1.82, 2.24) is 0 Å². The van der Waals surface area contributed by atoms with E-state index in [2.05, 4.69) is 13.0 Å². The van der Waals surface area contributed by atoms with Crippen LogP contribution in [0.15, 0.2) is 24.3 Å². The Kier molecular flexibility index (Phi) is 10.3. The van der Waals surface area contributed by atoms with Gasteiger partial charge in [-0.1, -0.05) is 57.3 Å². The van der Waals surface area contributed by atoms with E-state index in [1.54, 1.807) is 0 Å². The lowest BCUT2D eigenvalue weighted by atomic mass is 9.74. The van der Waals surface area contributed by atoms with Crippen molar-refractivity contribution < 1.29 is 14.3 Å². The second-order valence-corrected chi connectivity index (χ2v) is 6.52. The molecule has 0 aromatic carbocycles. The van der Waals surface area contributed by atoms with Gasteiger partial charge < -0.3 is 9.53 Å². The summed E-state index contributed by atoms with van der Waals surface area (Å²) >= 11 is 0. The molecule has 1 rings (SSSR count). The topological polar surface area (TPSA) is 43.4 Å². The van der Waals surface area contributed by atoms with Crippen molar-refractivity contribution in [3.8, 4) is 0 Å². The number of hydrogen-bond donors (Lipinski definition) is 0. The average molecular weight is 320 g/mol. The molecule has 0 amide bonds. The molecule has 0 aliphatic heterocycles. The average Bonchev–Trinajstić information content (AvgIpc) is 2.49. The fraction of sp³-hybridized carbons (Fsp3) is 0.700. The minimum atomic E-state index is -0.227. The van der Waals surface area contributed by atoms with E-state index in [4.69, 9.17) is 4.74 Å². The summed E-state index contributed by atoms with van der Waals surface area (Å²) in [6, 6.07) is 0. The summed E-state index contributed by atoms with van der Waals surface area (Å²) in [5, 5.41) is 0. The van der Waals surface area contributed by atoms with Gasteiger partial charge in [-0.05, 0) is 37.7 Å². The van der Waals surface area contributed by atoms with E-state index in [-0.39, 0.29) is 18.0 Å². The van der Waals surface area contributed by atoms with Gasteiger partial charge in [-0.15, -0.1) is 0 Å². The van der Waals surface area contributed by atoms with Gasteiger partial charge in [0.2, 0.25) is 0 Å². The van der Waals surface area contributed by atoms with Crippen LogP contribution < -0.4 is 0 Å². The predicted molar refractivity (Wildman–Crippen MR) is 94.1 cm³/mol. The summed E-state index contributed by atoms with van der Waals surface area (Å²) in [4.78, 5) is 22.0. The second-order valence-electron chi connectivity index (χ2n) is 6.52. The molecule has 0 radical (unpaired) electrons. The van der Waals surface area contributed by atoms with E-state index in [1.807, 2.05) is 18.2 Å². The molecule has 1 aliphatic carbocycles. The first-order valence-corrected chi connectivity index (χ1v) is 9.14. The molecule has 1 unspecified atom stereocenters.